The molecule has 0 saturated heterocycles. The second-order valence-electron chi connectivity index (χ2n) is 7.07. The molecule has 0 aliphatic heterocycles. The van der Waals surface area contributed by atoms with Crippen LogP contribution in [-0.4, -0.2) is 5.11 Å². The summed E-state index contributed by atoms with van der Waals surface area (Å²) in [5.74, 6) is 1.88. The average molecular weight is 230 g/mol. The van der Waals surface area contributed by atoms with Gasteiger partial charge in [-0.3, -0.25) is 0 Å². The number of benzene rings is 1. The van der Waals surface area contributed by atoms with Crippen molar-refractivity contribution < 1.29 is 5.11 Å². The number of hydrogen-bond donors (Lipinski definition) is 1. The first kappa shape index (κ1) is 11.1. The summed E-state index contributed by atoms with van der Waals surface area (Å²) in [6.45, 7) is 7.23. The maximum absolute atomic E-state index is 10.0. The molecular weight excluding hydrogens is 208 g/mol. The van der Waals surface area contributed by atoms with Gasteiger partial charge in [0.15, 0.2) is 0 Å². The van der Waals surface area contributed by atoms with Crippen molar-refractivity contribution in [2.24, 2.45) is 16.7 Å². The van der Waals surface area contributed by atoms with E-state index in [1.165, 1.54) is 24.8 Å². The van der Waals surface area contributed by atoms with Gasteiger partial charge in [0.25, 0.3) is 0 Å². The Bertz CT molecular complexity index is 449. The number of phenolic OH excluding ortho intramolecular Hbond substituents is 1. The van der Waals surface area contributed by atoms with Crippen LogP contribution in [0.2, 0.25) is 0 Å². The second kappa shape index (κ2) is 3.28. The van der Waals surface area contributed by atoms with Crippen molar-refractivity contribution in [1.29, 1.82) is 0 Å². The minimum Gasteiger partial charge on any atom is -0.508 e. The molecule has 1 N–H and O–H groups in total. The van der Waals surface area contributed by atoms with E-state index in [-0.39, 0.29) is 0 Å². The van der Waals surface area contributed by atoms with Crippen LogP contribution >= 0.6 is 0 Å². The number of rotatable bonds is 1. The summed E-state index contributed by atoms with van der Waals surface area (Å²) in [5.41, 5.74) is 2.07. The lowest BCUT2D eigenvalue weighted by Gasteiger charge is -2.39. The highest BCUT2D eigenvalue weighted by Gasteiger charge is 2.57. The Balaban J connectivity index is 1.97. The van der Waals surface area contributed by atoms with Gasteiger partial charge in [0.2, 0.25) is 0 Å². The highest BCUT2D eigenvalue weighted by atomic mass is 16.3. The van der Waals surface area contributed by atoms with Crippen molar-refractivity contribution in [2.75, 3.05) is 0 Å². The van der Waals surface area contributed by atoms with Crippen LogP contribution in [0.25, 0.3) is 0 Å². The van der Waals surface area contributed by atoms with E-state index in [0.717, 1.165) is 5.92 Å². The fourth-order valence-corrected chi connectivity index (χ4v) is 4.62. The van der Waals surface area contributed by atoms with E-state index in [1.807, 2.05) is 12.1 Å². The Morgan fingerprint density at radius 1 is 1.18 bits per heavy atom. The SMILES string of the molecule is CC1(C)C[C@]2(C)C[C@H]1C[C@H]2c1ccccc1O. The topological polar surface area (TPSA) is 20.2 Å². The highest BCUT2D eigenvalue weighted by molar-refractivity contribution is 5.38. The van der Waals surface area contributed by atoms with Crippen LogP contribution in [-0.2, 0) is 0 Å². The lowest BCUT2D eigenvalue weighted by atomic mass is 9.65. The number of fused-ring (bicyclic) bond motifs is 2. The van der Waals surface area contributed by atoms with Crippen LogP contribution in [0.1, 0.15) is 51.5 Å². The molecule has 2 aliphatic carbocycles. The van der Waals surface area contributed by atoms with Gasteiger partial charge in [-0.1, -0.05) is 39.0 Å². The first-order valence-electron chi connectivity index (χ1n) is 6.70. The molecule has 0 unspecified atom stereocenters. The van der Waals surface area contributed by atoms with Crippen molar-refractivity contribution in [1.82, 2.24) is 0 Å². The first-order valence-corrected chi connectivity index (χ1v) is 6.70. The molecule has 1 aromatic carbocycles. The third-order valence-corrected chi connectivity index (χ3v) is 5.35. The molecule has 2 bridgehead atoms. The smallest absolute Gasteiger partial charge is 0.119 e. The van der Waals surface area contributed by atoms with Crippen molar-refractivity contribution in [3.05, 3.63) is 29.8 Å². The largest absolute Gasteiger partial charge is 0.508 e. The summed E-state index contributed by atoms with van der Waals surface area (Å²) < 4.78 is 0. The minimum absolute atomic E-state index is 0.396. The molecule has 0 spiro atoms. The van der Waals surface area contributed by atoms with E-state index in [2.05, 4.69) is 32.9 Å². The molecule has 92 valence electrons. The quantitative estimate of drug-likeness (QED) is 0.761. The monoisotopic (exact) mass is 230 g/mol. The normalized spacial score (nSPS) is 38.5. The van der Waals surface area contributed by atoms with E-state index < -0.39 is 0 Å². The van der Waals surface area contributed by atoms with Crippen LogP contribution in [0.4, 0.5) is 0 Å². The maximum Gasteiger partial charge on any atom is 0.119 e. The lowest BCUT2D eigenvalue weighted by molar-refractivity contribution is 0.156. The van der Waals surface area contributed by atoms with Gasteiger partial charge in [0.1, 0.15) is 5.75 Å². The van der Waals surface area contributed by atoms with Gasteiger partial charge in [-0.05, 0) is 53.6 Å². The molecular formula is C16H22O. The lowest BCUT2D eigenvalue weighted by Crippen LogP contribution is -2.28. The molecule has 2 fully saturated rings. The Kier molecular flexibility index (Phi) is 2.14. The van der Waals surface area contributed by atoms with Crippen LogP contribution in [0.3, 0.4) is 0 Å². The van der Waals surface area contributed by atoms with Crippen molar-refractivity contribution in [2.45, 2.75) is 46.0 Å². The fourth-order valence-electron chi connectivity index (χ4n) is 4.62. The number of para-hydroxylation sites is 1. The number of hydrogen-bond acceptors (Lipinski definition) is 1. The van der Waals surface area contributed by atoms with Gasteiger partial charge in [-0.2, -0.15) is 0 Å². The number of phenols is 1. The molecule has 3 rings (SSSR count). The van der Waals surface area contributed by atoms with E-state index in [9.17, 15) is 5.11 Å². The van der Waals surface area contributed by atoms with E-state index >= 15 is 0 Å². The molecule has 2 saturated carbocycles. The summed E-state index contributed by atoms with van der Waals surface area (Å²) in [6, 6.07) is 7.91. The molecule has 0 radical (unpaired) electrons. The van der Waals surface area contributed by atoms with Crippen LogP contribution in [0, 0.1) is 16.7 Å². The van der Waals surface area contributed by atoms with E-state index in [4.69, 9.17) is 0 Å². The molecule has 2 aliphatic rings. The Morgan fingerprint density at radius 3 is 2.41 bits per heavy atom. The molecule has 1 nitrogen and oxygen atoms in total. The Labute approximate surface area is 104 Å². The van der Waals surface area contributed by atoms with Crippen LogP contribution < -0.4 is 0 Å². The summed E-state index contributed by atoms with van der Waals surface area (Å²) in [7, 11) is 0. The molecule has 17 heavy (non-hydrogen) atoms. The standard InChI is InChI=1S/C16H22O/c1-15(2)10-16(3)9-11(15)8-13(16)12-6-4-5-7-14(12)17/h4-7,11,13,17H,8-10H2,1-3H3/t11-,13+,16+/m1/s1. The molecule has 0 amide bonds. The second-order valence-corrected chi connectivity index (χ2v) is 7.07. The predicted octanol–water partition coefficient (Wildman–Crippen LogP) is 4.32. The van der Waals surface area contributed by atoms with Gasteiger partial charge >= 0.3 is 0 Å². The van der Waals surface area contributed by atoms with Crippen molar-refractivity contribution in [3.8, 4) is 5.75 Å². The summed E-state index contributed by atoms with van der Waals surface area (Å²) in [5, 5.41) is 10.0. The zero-order valence-electron chi connectivity index (χ0n) is 11.0. The van der Waals surface area contributed by atoms with Gasteiger partial charge in [-0.15, -0.1) is 0 Å². The molecule has 1 heteroatoms. The van der Waals surface area contributed by atoms with Gasteiger partial charge in [0.05, 0.1) is 0 Å². The molecule has 0 aromatic heterocycles. The molecule has 1 aromatic rings. The van der Waals surface area contributed by atoms with Gasteiger partial charge in [-0.25, -0.2) is 0 Å². The Morgan fingerprint density at radius 2 is 1.88 bits per heavy atom. The van der Waals surface area contributed by atoms with Crippen molar-refractivity contribution >= 4 is 0 Å². The molecule has 3 atom stereocenters. The van der Waals surface area contributed by atoms with E-state index in [0.29, 0.717) is 22.5 Å². The fraction of sp³-hybridized carbons (Fsp3) is 0.625. The van der Waals surface area contributed by atoms with E-state index in [1.54, 1.807) is 0 Å². The number of aromatic hydroxyl groups is 1. The van der Waals surface area contributed by atoms with Gasteiger partial charge < -0.3 is 5.11 Å². The predicted molar refractivity (Wildman–Crippen MR) is 70.1 cm³/mol. The zero-order chi connectivity index (χ0) is 12.3. The third kappa shape index (κ3) is 1.51. The minimum atomic E-state index is 0.396. The van der Waals surface area contributed by atoms with Crippen LogP contribution in [0.15, 0.2) is 24.3 Å². The summed E-state index contributed by atoms with van der Waals surface area (Å²) in [6.07, 6.45) is 3.88. The third-order valence-electron chi connectivity index (χ3n) is 5.35. The highest BCUT2D eigenvalue weighted by Crippen LogP contribution is 2.68. The van der Waals surface area contributed by atoms with Crippen LogP contribution in [0.5, 0.6) is 5.75 Å². The zero-order valence-corrected chi connectivity index (χ0v) is 11.0. The summed E-state index contributed by atoms with van der Waals surface area (Å²) >= 11 is 0. The summed E-state index contributed by atoms with van der Waals surface area (Å²) in [4.78, 5) is 0. The first-order chi connectivity index (χ1) is 7.92. The molecule has 0 heterocycles. The maximum atomic E-state index is 10.0. The van der Waals surface area contributed by atoms with Gasteiger partial charge in [0, 0.05) is 0 Å². The van der Waals surface area contributed by atoms with Crippen molar-refractivity contribution in [3.63, 3.8) is 0 Å². The average Bonchev–Trinajstić information content (AvgIpc) is 2.66. The Hall–Kier alpha value is -0.980.